The van der Waals surface area contributed by atoms with Gasteiger partial charge in [0.05, 0.1) is 0 Å². The van der Waals surface area contributed by atoms with Crippen LogP contribution in [-0.4, -0.2) is 6.54 Å². The van der Waals surface area contributed by atoms with E-state index in [9.17, 15) is 0 Å². The third-order valence-electron chi connectivity index (χ3n) is 2.14. The highest BCUT2D eigenvalue weighted by atomic mass is 35.5. The van der Waals surface area contributed by atoms with Gasteiger partial charge in [-0.2, -0.15) is 0 Å². The van der Waals surface area contributed by atoms with Gasteiger partial charge in [0.25, 0.3) is 0 Å². The van der Waals surface area contributed by atoms with E-state index < -0.39 is 0 Å². The number of rotatable bonds is 2. The molecule has 0 spiro atoms. The Hall–Kier alpha value is -1.21. The Balaban J connectivity index is 2.15. The lowest BCUT2D eigenvalue weighted by Gasteiger charge is -2.12. The maximum atomic E-state index is 6.03. The molecule has 1 aromatic carbocycles. The predicted octanol–water partition coefficient (Wildman–Crippen LogP) is 2.64. The summed E-state index contributed by atoms with van der Waals surface area (Å²) < 4.78 is 0. The first-order valence-corrected chi connectivity index (χ1v) is 4.97. The van der Waals surface area contributed by atoms with Crippen molar-refractivity contribution in [3.63, 3.8) is 0 Å². The zero-order valence-electron chi connectivity index (χ0n) is 7.76. The largest absolute Gasteiger partial charge is 0.372 e. The standard InChI is InChI=1S/C12H11ClN/c13-12-11(7-4-8-14-12)9-10-5-2-1-3-6-10/h1-3,5-7,14H,8-9H2. The molecular weight excluding hydrogens is 194 g/mol. The summed E-state index contributed by atoms with van der Waals surface area (Å²) in [7, 11) is 0. The van der Waals surface area contributed by atoms with Crippen LogP contribution in [0.4, 0.5) is 0 Å². The molecule has 0 atom stereocenters. The van der Waals surface area contributed by atoms with Gasteiger partial charge in [-0.1, -0.05) is 48.0 Å². The molecule has 0 unspecified atom stereocenters. The Morgan fingerprint density at radius 2 is 2.07 bits per heavy atom. The van der Waals surface area contributed by atoms with Crippen LogP contribution < -0.4 is 5.32 Å². The second-order valence-electron chi connectivity index (χ2n) is 3.20. The summed E-state index contributed by atoms with van der Waals surface area (Å²) >= 11 is 6.03. The highest BCUT2D eigenvalue weighted by molar-refractivity contribution is 6.29. The Labute approximate surface area is 89.1 Å². The zero-order chi connectivity index (χ0) is 9.80. The van der Waals surface area contributed by atoms with Crippen LogP contribution in [0.5, 0.6) is 0 Å². The molecule has 0 bridgehead atoms. The van der Waals surface area contributed by atoms with E-state index in [1.54, 1.807) is 0 Å². The smallest absolute Gasteiger partial charge is 0.106 e. The second-order valence-corrected chi connectivity index (χ2v) is 3.58. The van der Waals surface area contributed by atoms with Gasteiger partial charge in [0, 0.05) is 13.0 Å². The number of dihydropyridines is 1. The van der Waals surface area contributed by atoms with Crippen molar-refractivity contribution in [2.45, 2.75) is 6.42 Å². The number of benzene rings is 1. The Kier molecular flexibility index (Phi) is 2.90. The van der Waals surface area contributed by atoms with Crippen molar-refractivity contribution < 1.29 is 0 Å². The molecule has 1 N–H and O–H groups in total. The van der Waals surface area contributed by atoms with Crippen molar-refractivity contribution in [3.8, 4) is 0 Å². The van der Waals surface area contributed by atoms with Crippen LogP contribution in [0.25, 0.3) is 0 Å². The van der Waals surface area contributed by atoms with E-state index in [-0.39, 0.29) is 0 Å². The molecule has 1 aromatic rings. The summed E-state index contributed by atoms with van der Waals surface area (Å²) in [5, 5.41) is 3.80. The molecule has 1 aliphatic rings. The normalized spacial score (nSPS) is 15.5. The lowest BCUT2D eigenvalue weighted by Crippen LogP contribution is -2.15. The number of allylic oxidation sites excluding steroid dienone is 2. The lowest BCUT2D eigenvalue weighted by atomic mass is 10.0. The molecule has 1 aliphatic heterocycles. The van der Waals surface area contributed by atoms with Gasteiger partial charge in [-0.15, -0.1) is 0 Å². The van der Waals surface area contributed by atoms with Crippen LogP contribution in [0.2, 0.25) is 0 Å². The third kappa shape index (κ3) is 2.18. The molecular formula is C12H11ClN. The van der Waals surface area contributed by atoms with Crippen LogP contribution in [0.1, 0.15) is 5.56 Å². The molecule has 1 nitrogen and oxygen atoms in total. The first-order valence-electron chi connectivity index (χ1n) is 4.59. The molecule has 0 fully saturated rings. The van der Waals surface area contributed by atoms with Crippen molar-refractivity contribution in [3.05, 3.63) is 58.8 Å². The summed E-state index contributed by atoms with van der Waals surface area (Å²) in [6, 6.07) is 10.3. The molecule has 14 heavy (non-hydrogen) atoms. The van der Waals surface area contributed by atoms with E-state index in [1.165, 1.54) is 5.56 Å². The summed E-state index contributed by atoms with van der Waals surface area (Å²) in [5.41, 5.74) is 2.37. The molecule has 2 rings (SSSR count). The van der Waals surface area contributed by atoms with E-state index in [2.05, 4.69) is 23.5 Å². The molecule has 0 aliphatic carbocycles. The predicted molar refractivity (Wildman–Crippen MR) is 58.8 cm³/mol. The molecule has 0 saturated heterocycles. The highest BCUT2D eigenvalue weighted by Crippen LogP contribution is 2.16. The average molecular weight is 205 g/mol. The third-order valence-corrected chi connectivity index (χ3v) is 2.52. The highest BCUT2D eigenvalue weighted by Gasteiger charge is 2.05. The van der Waals surface area contributed by atoms with Gasteiger partial charge in [0.2, 0.25) is 0 Å². The van der Waals surface area contributed by atoms with Gasteiger partial charge in [-0.05, 0) is 17.2 Å². The average Bonchev–Trinajstić information content (AvgIpc) is 2.23. The quantitative estimate of drug-likeness (QED) is 0.731. The molecule has 0 amide bonds. The monoisotopic (exact) mass is 204 g/mol. The van der Waals surface area contributed by atoms with E-state index in [0.29, 0.717) is 6.54 Å². The maximum Gasteiger partial charge on any atom is 0.106 e. The fraction of sp³-hybridized carbons (Fsp3) is 0.167. The Bertz CT molecular complexity index is 365. The summed E-state index contributed by atoms with van der Waals surface area (Å²) in [5.74, 6) is 0. The van der Waals surface area contributed by atoms with E-state index in [4.69, 9.17) is 11.6 Å². The van der Waals surface area contributed by atoms with Crippen LogP contribution in [0, 0.1) is 6.08 Å². The van der Waals surface area contributed by atoms with Crippen LogP contribution >= 0.6 is 11.6 Å². The minimum atomic E-state index is 0.705. The molecule has 2 heteroatoms. The topological polar surface area (TPSA) is 12.0 Å². The van der Waals surface area contributed by atoms with Crippen molar-refractivity contribution in [2.24, 2.45) is 0 Å². The zero-order valence-corrected chi connectivity index (χ0v) is 8.51. The number of hydrogen-bond donors (Lipinski definition) is 1. The second kappa shape index (κ2) is 4.34. The van der Waals surface area contributed by atoms with E-state index in [1.807, 2.05) is 24.3 Å². The minimum Gasteiger partial charge on any atom is -0.372 e. The first-order chi connectivity index (χ1) is 6.86. The molecule has 0 aromatic heterocycles. The van der Waals surface area contributed by atoms with Gasteiger partial charge in [0.1, 0.15) is 5.16 Å². The summed E-state index contributed by atoms with van der Waals surface area (Å²) in [6.45, 7) is 0.705. The van der Waals surface area contributed by atoms with Crippen molar-refractivity contribution in [1.29, 1.82) is 0 Å². The van der Waals surface area contributed by atoms with Crippen LogP contribution in [0.3, 0.4) is 0 Å². The van der Waals surface area contributed by atoms with E-state index >= 15 is 0 Å². The molecule has 1 heterocycles. The van der Waals surface area contributed by atoms with Crippen LogP contribution in [-0.2, 0) is 6.42 Å². The molecule has 0 saturated carbocycles. The molecule has 71 valence electrons. The SMILES string of the molecule is ClC1=C(Cc2ccccc2)C=[C]CN1. The minimum absolute atomic E-state index is 0.705. The first kappa shape index (κ1) is 9.35. The number of hydrogen-bond acceptors (Lipinski definition) is 1. The summed E-state index contributed by atoms with van der Waals surface area (Å²) in [6.07, 6.45) is 5.93. The molecule has 1 radical (unpaired) electrons. The fourth-order valence-electron chi connectivity index (χ4n) is 1.42. The van der Waals surface area contributed by atoms with Crippen molar-refractivity contribution in [2.75, 3.05) is 6.54 Å². The van der Waals surface area contributed by atoms with Crippen LogP contribution in [0.15, 0.2) is 47.1 Å². The van der Waals surface area contributed by atoms with Gasteiger partial charge in [-0.3, -0.25) is 0 Å². The lowest BCUT2D eigenvalue weighted by molar-refractivity contribution is 0.900. The maximum absolute atomic E-state index is 6.03. The summed E-state index contributed by atoms with van der Waals surface area (Å²) in [4.78, 5) is 0. The number of nitrogens with one attached hydrogen (secondary N) is 1. The Morgan fingerprint density at radius 3 is 2.79 bits per heavy atom. The van der Waals surface area contributed by atoms with Gasteiger partial charge in [-0.25, -0.2) is 0 Å². The van der Waals surface area contributed by atoms with Crippen molar-refractivity contribution >= 4 is 11.6 Å². The van der Waals surface area contributed by atoms with Gasteiger partial charge >= 0.3 is 0 Å². The van der Waals surface area contributed by atoms with Crippen molar-refractivity contribution in [1.82, 2.24) is 5.32 Å². The van der Waals surface area contributed by atoms with Gasteiger partial charge < -0.3 is 5.32 Å². The van der Waals surface area contributed by atoms with E-state index in [0.717, 1.165) is 17.2 Å². The number of halogens is 1. The fourth-order valence-corrected chi connectivity index (χ4v) is 1.61. The van der Waals surface area contributed by atoms with Gasteiger partial charge in [0.15, 0.2) is 0 Å². The Morgan fingerprint density at radius 1 is 1.29 bits per heavy atom.